The molecule has 4 heteroatoms. The lowest BCUT2D eigenvalue weighted by atomic mass is 10.0. The fourth-order valence-corrected chi connectivity index (χ4v) is 7.20. The summed E-state index contributed by atoms with van der Waals surface area (Å²) in [5.41, 5.74) is 10.2. The Balaban J connectivity index is 1.53. The predicted octanol–water partition coefficient (Wildman–Crippen LogP) is 9.64. The van der Waals surface area contributed by atoms with Crippen LogP contribution in [0.25, 0.3) is 76.0 Å². The van der Waals surface area contributed by atoms with Crippen molar-refractivity contribution in [2.24, 2.45) is 0 Å². The first-order chi connectivity index (χ1) is 19.4. The van der Waals surface area contributed by atoms with E-state index in [0.29, 0.717) is 0 Å². The molecule has 39 heavy (non-hydrogen) atoms. The van der Waals surface area contributed by atoms with Crippen LogP contribution in [-0.2, 0) is 0 Å². The van der Waals surface area contributed by atoms with Crippen LogP contribution in [0.15, 0.2) is 127 Å². The molecule has 3 nitrogen and oxygen atoms in total. The summed E-state index contributed by atoms with van der Waals surface area (Å²) in [6.07, 6.45) is 0. The molecule has 9 rings (SSSR count). The number of hydrogen-bond acceptors (Lipinski definition) is 2. The van der Waals surface area contributed by atoms with E-state index in [9.17, 15) is 0 Å². The minimum Gasteiger partial charge on any atom is -0.309 e. The zero-order valence-corrected chi connectivity index (χ0v) is 21.7. The molecule has 0 saturated heterocycles. The average molecular weight is 516 g/mol. The monoisotopic (exact) mass is 515 g/mol. The van der Waals surface area contributed by atoms with Crippen LogP contribution in [0.5, 0.6) is 0 Å². The van der Waals surface area contributed by atoms with Crippen LogP contribution < -0.4 is 0 Å². The van der Waals surface area contributed by atoms with E-state index in [1.54, 1.807) is 11.3 Å². The van der Waals surface area contributed by atoms with Gasteiger partial charge in [0.1, 0.15) is 0 Å². The van der Waals surface area contributed by atoms with E-state index in [4.69, 9.17) is 0 Å². The van der Waals surface area contributed by atoms with Gasteiger partial charge in [-0.2, -0.15) is 0 Å². The van der Waals surface area contributed by atoms with E-state index in [1.165, 1.54) is 70.5 Å². The van der Waals surface area contributed by atoms with E-state index in [-0.39, 0.29) is 0 Å². The van der Waals surface area contributed by atoms with Crippen LogP contribution in [-0.4, -0.2) is 14.1 Å². The highest BCUT2D eigenvalue weighted by atomic mass is 32.1. The minimum absolute atomic E-state index is 1.04. The van der Waals surface area contributed by atoms with Gasteiger partial charge in [0, 0.05) is 27.2 Å². The number of fused-ring (bicyclic) bond motifs is 9. The average Bonchev–Trinajstić information content (AvgIpc) is 3.69. The Hall–Kier alpha value is -4.93. The molecular weight excluding hydrogens is 494 g/mol. The lowest BCUT2D eigenvalue weighted by Gasteiger charge is -2.10. The largest absolute Gasteiger partial charge is 0.309 e. The van der Waals surface area contributed by atoms with Crippen molar-refractivity contribution in [1.29, 1.82) is 0 Å². The summed E-state index contributed by atoms with van der Waals surface area (Å²) in [6.45, 7) is 0. The van der Waals surface area contributed by atoms with Crippen LogP contribution in [0, 0.1) is 0 Å². The molecule has 0 aliphatic carbocycles. The fraction of sp³-hybridized carbons (Fsp3) is 0. The van der Waals surface area contributed by atoms with E-state index in [2.05, 4.69) is 135 Å². The van der Waals surface area contributed by atoms with Gasteiger partial charge in [-0.25, -0.2) is 4.98 Å². The molecule has 3 heterocycles. The summed E-state index contributed by atoms with van der Waals surface area (Å²) in [6, 6.07) is 44.0. The van der Waals surface area contributed by atoms with Crippen LogP contribution in [0.4, 0.5) is 0 Å². The van der Waals surface area contributed by atoms with Gasteiger partial charge in [-0.05, 0) is 59.3 Å². The second-order valence-corrected chi connectivity index (χ2v) is 10.9. The first-order valence-electron chi connectivity index (χ1n) is 13.1. The van der Waals surface area contributed by atoms with Crippen molar-refractivity contribution < 1.29 is 0 Å². The predicted molar refractivity (Wildman–Crippen MR) is 166 cm³/mol. The smallest absolute Gasteiger partial charge is 0.0833 e. The van der Waals surface area contributed by atoms with Crippen molar-refractivity contribution in [1.82, 2.24) is 14.1 Å². The van der Waals surface area contributed by atoms with Crippen LogP contribution in [0.3, 0.4) is 0 Å². The second-order valence-electron chi connectivity index (χ2n) is 10.1. The van der Waals surface area contributed by atoms with Crippen LogP contribution >= 0.6 is 11.3 Å². The molecule has 0 unspecified atom stereocenters. The number of benzene rings is 6. The first-order valence-corrected chi connectivity index (χ1v) is 14.0. The van der Waals surface area contributed by atoms with Crippen molar-refractivity contribution in [3.05, 3.63) is 127 Å². The van der Waals surface area contributed by atoms with E-state index in [1.807, 2.05) is 5.51 Å². The Morgan fingerprint density at radius 2 is 1.28 bits per heavy atom. The molecule has 0 aliphatic rings. The second kappa shape index (κ2) is 7.79. The quantitative estimate of drug-likeness (QED) is 0.225. The lowest BCUT2D eigenvalue weighted by Crippen LogP contribution is -1.94. The highest BCUT2D eigenvalue weighted by molar-refractivity contribution is 7.17. The Labute approximate surface area is 227 Å². The van der Waals surface area contributed by atoms with Gasteiger partial charge in [0.25, 0.3) is 0 Å². The fourth-order valence-electron chi connectivity index (χ4n) is 6.41. The molecule has 9 aromatic rings. The standard InChI is InChI=1S/C35H21N3S/c1-2-10-23(11-3-1)37-30-18-17-22-9-4-5-12-24(22)34(30)27-20-32-26(19-33(27)37)25-13-6-7-15-29(25)38(32)31-16-8-14-28-35(31)39-21-36-28/h1-21H. The molecule has 0 N–H and O–H groups in total. The van der Waals surface area contributed by atoms with Crippen molar-refractivity contribution in [3.63, 3.8) is 0 Å². The van der Waals surface area contributed by atoms with Crippen LogP contribution in [0.2, 0.25) is 0 Å². The van der Waals surface area contributed by atoms with Gasteiger partial charge in [-0.1, -0.05) is 72.8 Å². The highest BCUT2D eigenvalue weighted by Crippen LogP contribution is 2.42. The molecule has 0 saturated carbocycles. The molecule has 3 aromatic heterocycles. The summed E-state index contributed by atoms with van der Waals surface area (Å²) in [7, 11) is 0. The minimum atomic E-state index is 1.04. The van der Waals surface area contributed by atoms with E-state index in [0.717, 1.165) is 5.52 Å². The number of rotatable bonds is 2. The number of para-hydroxylation sites is 2. The zero-order chi connectivity index (χ0) is 25.5. The normalized spacial score (nSPS) is 12.1. The van der Waals surface area contributed by atoms with Gasteiger partial charge in [0.05, 0.1) is 43.5 Å². The first kappa shape index (κ1) is 21.1. The molecule has 0 atom stereocenters. The maximum Gasteiger partial charge on any atom is 0.0833 e. The summed E-state index contributed by atoms with van der Waals surface area (Å²) < 4.78 is 6.06. The van der Waals surface area contributed by atoms with Crippen LogP contribution in [0.1, 0.15) is 0 Å². The molecule has 0 radical (unpaired) electrons. The summed E-state index contributed by atoms with van der Waals surface area (Å²) in [4.78, 5) is 4.61. The Bertz CT molecular complexity index is 2390. The molecule has 182 valence electrons. The van der Waals surface area contributed by atoms with Gasteiger partial charge in [-0.15, -0.1) is 11.3 Å². The van der Waals surface area contributed by atoms with Gasteiger partial charge in [-0.3, -0.25) is 0 Å². The SMILES string of the molecule is c1ccc(-n2c3cc4c5ccccc5n(-c5cccc6ncsc56)c4cc3c3c4ccccc4ccc32)cc1. The Kier molecular flexibility index (Phi) is 4.21. The third-order valence-electron chi connectivity index (χ3n) is 8.04. The van der Waals surface area contributed by atoms with Crippen molar-refractivity contribution in [3.8, 4) is 11.4 Å². The summed E-state index contributed by atoms with van der Waals surface area (Å²) in [5, 5.41) is 7.60. The van der Waals surface area contributed by atoms with Gasteiger partial charge in [0.15, 0.2) is 0 Å². The van der Waals surface area contributed by atoms with Crippen molar-refractivity contribution >= 4 is 75.9 Å². The number of nitrogens with zero attached hydrogens (tertiary/aromatic N) is 3. The molecule has 0 spiro atoms. The molecule has 0 amide bonds. The van der Waals surface area contributed by atoms with Gasteiger partial charge < -0.3 is 9.13 Å². The number of aromatic nitrogens is 3. The summed E-state index contributed by atoms with van der Waals surface area (Å²) >= 11 is 1.70. The lowest BCUT2D eigenvalue weighted by molar-refractivity contribution is 1.18. The maximum absolute atomic E-state index is 4.61. The van der Waals surface area contributed by atoms with E-state index < -0.39 is 0 Å². The topological polar surface area (TPSA) is 22.8 Å². The van der Waals surface area contributed by atoms with Crippen molar-refractivity contribution in [2.75, 3.05) is 0 Å². The Morgan fingerprint density at radius 3 is 2.21 bits per heavy atom. The van der Waals surface area contributed by atoms with E-state index >= 15 is 0 Å². The molecular formula is C35H21N3S. The molecule has 0 fully saturated rings. The third-order valence-corrected chi connectivity index (χ3v) is 8.90. The van der Waals surface area contributed by atoms with Gasteiger partial charge >= 0.3 is 0 Å². The highest BCUT2D eigenvalue weighted by Gasteiger charge is 2.20. The third kappa shape index (κ3) is 2.84. The molecule has 6 aromatic carbocycles. The number of hydrogen-bond donors (Lipinski definition) is 0. The summed E-state index contributed by atoms with van der Waals surface area (Å²) in [5.74, 6) is 0. The Morgan fingerprint density at radius 1 is 0.513 bits per heavy atom. The molecule has 0 bridgehead atoms. The molecule has 0 aliphatic heterocycles. The van der Waals surface area contributed by atoms with Gasteiger partial charge in [0.2, 0.25) is 0 Å². The zero-order valence-electron chi connectivity index (χ0n) is 20.9. The number of thiazole rings is 1. The van der Waals surface area contributed by atoms with Crippen molar-refractivity contribution in [2.45, 2.75) is 0 Å². The maximum atomic E-state index is 4.61.